The average Bonchev–Trinajstić information content (AvgIpc) is 3.02. The summed E-state index contributed by atoms with van der Waals surface area (Å²) in [5.74, 6) is 0.661. The SMILES string of the molecule is CC=CC=CC(=O)NCc1ccn(-c2ccc(OC)cc2)n1. The van der Waals surface area contributed by atoms with Crippen LogP contribution in [0.1, 0.15) is 12.6 Å². The summed E-state index contributed by atoms with van der Waals surface area (Å²) in [4.78, 5) is 11.6. The zero-order chi connectivity index (χ0) is 15.8. The topological polar surface area (TPSA) is 56.2 Å². The highest BCUT2D eigenvalue weighted by molar-refractivity contribution is 5.87. The van der Waals surface area contributed by atoms with Gasteiger partial charge in [0, 0.05) is 12.3 Å². The summed E-state index contributed by atoms with van der Waals surface area (Å²) < 4.78 is 6.89. The van der Waals surface area contributed by atoms with Crippen molar-refractivity contribution < 1.29 is 9.53 Å². The summed E-state index contributed by atoms with van der Waals surface area (Å²) in [6.07, 6.45) is 8.71. The van der Waals surface area contributed by atoms with Crippen LogP contribution in [0.3, 0.4) is 0 Å². The number of ether oxygens (including phenoxy) is 1. The van der Waals surface area contributed by atoms with E-state index in [1.54, 1.807) is 23.9 Å². The third kappa shape index (κ3) is 4.34. The van der Waals surface area contributed by atoms with Crippen LogP contribution in [0.5, 0.6) is 5.75 Å². The van der Waals surface area contributed by atoms with Crippen molar-refractivity contribution >= 4 is 5.91 Å². The number of methoxy groups -OCH3 is 1. The standard InChI is InChI=1S/C17H19N3O2/c1-3-4-5-6-17(21)18-13-14-11-12-20(19-14)15-7-9-16(22-2)10-8-15/h3-12H,13H2,1-2H3,(H,18,21). The van der Waals surface area contributed by atoms with Crippen LogP contribution in [-0.2, 0) is 11.3 Å². The van der Waals surface area contributed by atoms with Crippen molar-refractivity contribution in [1.82, 2.24) is 15.1 Å². The number of rotatable bonds is 6. The summed E-state index contributed by atoms with van der Waals surface area (Å²) in [6, 6.07) is 9.48. The highest BCUT2D eigenvalue weighted by Crippen LogP contribution is 2.14. The van der Waals surface area contributed by atoms with E-state index in [1.807, 2.05) is 49.5 Å². The number of allylic oxidation sites excluding steroid dienone is 3. The largest absolute Gasteiger partial charge is 0.497 e. The molecular formula is C17H19N3O2. The number of aromatic nitrogens is 2. The lowest BCUT2D eigenvalue weighted by molar-refractivity contribution is -0.116. The monoisotopic (exact) mass is 297 g/mol. The van der Waals surface area contributed by atoms with E-state index < -0.39 is 0 Å². The Bertz CT molecular complexity index is 669. The lowest BCUT2D eigenvalue weighted by Crippen LogP contribution is -2.20. The summed E-state index contributed by atoms with van der Waals surface area (Å²) in [7, 11) is 1.63. The van der Waals surface area contributed by atoms with Crippen LogP contribution in [0.15, 0.2) is 60.8 Å². The Balaban J connectivity index is 1.94. The molecule has 0 bridgehead atoms. The molecule has 1 aromatic heterocycles. The second-order valence-electron chi connectivity index (χ2n) is 4.55. The van der Waals surface area contributed by atoms with E-state index in [0.29, 0.717) is 6.54 Å². The normalized spacial score (nSPS) is 11.2. The van der Waals surface area contributed by atoms with Crippen molar-refractivity contribution in [3.63, 3.8) is 0 Å². The molecule has 0 radical (unpaired) electrons. The summed E-state index contributed by atoms with van der Waals surface area (Å²) in [5.41, 5.74) is 1.73. The van der Waals surface area contributed by atoms with Gasteiger partial charge >= 0.3 is 0 Å². The molecule has 1 aromatic carbocycles. The van der Waals surface area contributed by atoms with Crippen LogP contribution in [-0.4, -0.2) is 22.8 Å². The molecule has 1 heterocycles. The Morgan fingerprint density at radius 1 is 1.27 bits per heavy atom. The van der Waals surface area contributed by atoms with Crippen molar-refractivity contribution in [2.45, 2.75) is 13.5 Å². The van der Waals surface area contributed by atoms with E-state index in [2.05, 4.69) is 10.4 Å². The molecule has 22 heavy (non-hydrogen) atoms. The molecular weight excluding hydrogens is 278 g/mol. The molecule has 0 aliphatic heterocycles. The molecule has 0 spiro atoms. The van der Waals surface area contributed by atoms with Gasteiger partial charge in [0.25, 0.3) is 0 Å². The van der Waals surface area contributed by atoms with Crippen molar-refractivity contribution in [3.8, 4) is 11.4 Å². The summed E-state index contributed by atoms with van der Waals surface area (Å²) in [5, 5.41) is 7.21. The predicted octanol–water partition coefficient (Wildman–Crippen LogP) is 2.63. The van der Waals surface area contributed by atoms with Crippen molar-refractivity contribution in [3.05, 3.63) is 66.5 Å². The number of carbonyl (C=O) groups is 1. The summed E-state index contributed by atoms with van der Waals surface area (Å²) >= 11 is 0. The fourth-order valence-electron chi connectivity index (χ4n) is 1.83. The number of hydrogen-bond acceptors (Lipinski definition) is 3. The first-order valence-electron chi connectivity index (χ1n) is 6.99. The smallest absolute Gasteiger partial charge is 0.244 e. The van der Waals surface area contributed by atoms with Crippen LogP contribution in [0, 0.1) is 0 Å². The first-order valence-corrected chi connectivity index (χ1v) is 6.99. The molecule has 0 aliphatic carbocycles. The predicted molar refractivity (Wildman–Crippen MR) is 85.9 cm³/mol. The molecule has 5 heteroatoms. The molecule has 0 saturated heterocycles. The summed E-state index contributed by atoms with van der Waals surface area (Å²) in [6.45, 7) is 2.29. The van der Waals surface area contributed by atoms with Gasteiger partial charge in [0.2, 0.25) is 5.91 Å². The maximum absolute atomic E-state index is 11.6. The van der Waals surface area contributed by atoms with E-state index in [4.69, 9.17) is 4.74 Å². The van der Waals surface area contributed by atoms with Gasteiger partial charge in [0.05, 0.1) is 25.0 Å². The van der Waals surface area contributed by atoms with Gasteiger partial charge in [0.1, 0.15) is 5.75 Å². The number of carbonyl (C=O) groups excluding carboxylic acids is 1. The molecule has 0 atom stereocenters. The van der Waals surface area contributed by atoms with Gasteiger partial charge in [-0.25, -0.2) is 4.68 Å². The number of hydrogen-bond donors (Lipinski definition) is 1. The van der Waals surface area contributed by atoms with Crippen molar-refractivity contribution in [2.75, 3.05) is 7.11 Å². The van der Waals surface area contributed by atoms with Crippen molar-refractivity contribution in [2.24, 2.45) is 0 Å². The Labute approximate surface area is 129 Å². The van der Waals surface area contributed by atoms with E-state index in [-0.39, 0.29) is 5.91 Å². The van der Waals surface area contributed by atoms with E-state index in [1.165, 1.54) is 6.08 Å². The van der Waals surface area contributed by atoms with E-state index >= 15 is 0 Å². The zero-order valence-electron chi connectivity index (χ0n) is 12.7. The fourth-order valence-corrected chi connectivity index (χ4v) is 1.83. The maximum Gasteiger partial charge on any atom is 0.244 e. The molecule has 0 fully saturated rings. The molecule has 2 aromatic rings. The molecule has 0 saturated carbocycles. The van der Waals surface area contributed by atoms with Crippen LogP contribution in [0.2, 0.25) is 0 Å². The molecule has 2 rings (SSSR count). The lowest BCUT2D eigenvalue weighted by atomic mass is 10.3. The third-order valence-electron chi connectivity index (χ3n) is 2.98. The van der Waals surface area contributed by atoms with Crippen molar-refractivity contribution in [1.29, 1.82) is 0 Å². The van der Waals surface area contributed by atoms with Gasteiger partial charge < -0.3 is 10.1 Å². The molecule has 1 N–H and O–H groups in total. The van der Waals surface area contributed by atoms with Crippen LogP contribution in [0.25, 0.3) is 5.69 Å². The second-order valence-corrected chi connectivity index (χ2v) is 4.55. The fraction of sp³-hybridized carbons (Fsp3) is 0.176. The second kappa shape index (κ2) is 7.83. The van der Waals surface area contributed by atoms with E-state index in [9.17, 15) is 4.79 Å². The first-order chi connectivity index (χ1) is 10.7. The number of benzene rings is 1. The van der Waals surface area contributed by atoms with Crippen LogP contribution in [0.4, 0.5) is 0 Å². The Hall–Kier alpha value is -2.82. The quantitative estimate of drug-likeness (QED) is 0.658. The first kappa shape index (κ1) is 15.6. The third-order valence-corrected chi connectivity index (χ3v) is 2.98. The highest BCUT2D eigenvalue weighted by Gasteiger charge is 2.03. The van der Waals surface area contributed by atoms with Gasteiger partial charge in [-0.2, -0.15) is 5.10 Å². The number of nitrogens with zero attached hydrogens (tertiary/aromatic N) is 2. The van der Waals surface area contributed by atoms with Crippen LogP contribution >= 0.6 is 0 Å². The minimum atomic E-state index is -0.142. The number of amides is 1. The van der Waals surface area contributed by atoms with Gasteiger partial charge in [-0.3, -0.25) is 4.79 Å². The minimum absolute atomic E-state index is 0.142. The van der Waals surface area contributed by atoms with Gasteiger partial charge in [-0.05, 0) is 37.3 Å². The Morgan fingerprint density at radius 3 is 2.73 bits per heavy atom. The Kier molecular flexibility index (Phi) is 5.54. The van der Waals surface area contributed by atoms with Gasteiger partial charge in [0.15, 0.2) is 0 Å². The van der Waals surface area contributed by atoms with Crippen LogP contribution < -0.4 is 10.1 Å². The molecule has 0 aliphatic rings. The molecule has 114 valence electrons. The lowest BCUT2D eigenvalue weighted by Gasteiger charge is -2.03. The number of nitrogens with one attached hydrogen (secondary N) is 1. The van der Waals surface area contributed by atoms with Gasteiger partial charge in [-0.15, -0.1) is 0 Å². The maximum atomic E-state index is 11.6. The zero-order valence-corrected chi connectivity index (χ0v) is 12.7. The molecule has 1 amide bonds. The molecule has 5 nitrogen and oxygen atoms in total. The minimum Gasteiger partial charge on any atom is -0.497 e. The average molecular weight is 297 g/mol. The van der Waals surface area contributed by atoms with E-state index in [0.717, 1.165) is 17.1 Å². The molecule has 0 unspecified atom stereocenters. The van der Waals surface area contributed by atoms with Gasteiger partial charge in [-0.1, -0.05) is 18.2 Å². The Morgan fingerprint density at radius 2 is 2.05 bits per heavy atom. The highest BCUT2D eigenvalue weighted by atomic mass is 16.5.